The molecule has 0 aliphatic heterocycles. The summed E-state index contributed by atoms with van der Waals surface area (Å²) in [4.78, 5) is 5.43. The van der Waals surface area contributed by atoms with Crippen molar-refractivity contribution in [2.75, 3.05) is 5.73 Å². The molecule has 1 aromatic heterocycles. The van der Waals surface area contributed by atoms with Gasteiger partial charge in [-0.15, -0.1) is 11.8 Å². The van der Waals surface area contributed by atoms with Crippen molar-refractivity contribution in [1.29, 1.82) is 0 Å². The van der Waals surface area contributed by atoms with Crippen molar-refractivity contribution in [3.05, 3.63) is 53.4 Å². The molecule has 0 aliphatic rings. The number of nitrogens with zero attached hydrogens (tertiary/aromatic N) is 1. The number of hydrogen-bond acceptors (Lipinski definition) is 4. The molecule has 0 saturated carbocycles. The number of hydrogen-bond donors (Lipinski definition) is 1. The number of thioether (sulfide) groups is 1. The molecule has 0 bridgehead atoms. The topological polar surface area (TPSA) is 52.0 Å². The molecule has 0 unspecified atom stereocenters. The first-order valence-electron chi connectivity index (χ1n) is 5.74. The first-order valence-corrected chi connectivity index (χ1v) is 7.11. The Morgan fingerprint density at radius 3 is 2.89 bits per heavy atom. The van der Waals surface area contributed by atoms with Gasteiger partial charge in [-0.05, 0) is 24.3 Å². The molecule has 0 aliphatic carbocycles. The van der Waals surface area contributed by atoms with Gasteiger partial charge in [0.1, 0.15) is 5.52 Å². The molecule has 0 radical (unpaired) electrons. The summed E-state index contributed by atoms with van der Waals surface area (Å²) in [5.74, 6) is 1.31. The number of oxazole rings is 1. The van der Waals surface area contributed by atoms with Gasteiger partial charge in [0.25, 0.3) is 0 Å². The van der Waals surface area contributed by atoms with E-state index in [0.717, 1.165) is 21.0 Å². The van der Waals surface area contributed by atoms with Crippen molar-refractivity contribution in [3.8, 4) is 0 Å². The number of aromatic nitrogens is 1. The first kappa shape index (κ1) is 12.4. The summed E-state index contributed by atoms with van der Waals surface area (Å²) in [6, 6.07) is 13.2. The zero-order chi connectivity index (χ0) is 13.2. The minimum atomic E-state index is 0.637. The Morgan fingerprint density at radius 1 is 1.21 bits per heavy atom. The Labute approximate surface area is 119 Å². The molecule has 2 aromatic carbocycles. The van der Waals surface area contributed by atoms with Crippen LogP contribution >= 0.6 is 23.4 Å². The van der Waals surface area contributed by atoms with Gasteiger partial charge in [-0.3, -0.25) is 0 Å². The molecule has 5 heteroatoms. The SMILES string of the molecule is Nc1ccc2nc(CSc3ccccc3Cl)oc2c1. The van der Waals surface area contributed by atoms with Crippen LogP contribution in [0.2, 0.25) is 5.02 Å². The Morgan fingerprint density at radius 2 is 2.05 bits per heavy atom. The quantitative estimate of drug-likeness (QED) is 0.575. The molecule has 2 N–H and O–H groups in total. The van der Waals surface area contributed by atoms with Crippen LogP contribution in [-0.2, 0) is 5.75 Å². The van der Waals surface area contributed by atoms with E-state index in [4.69, 9.17) is 21.8 Å². The highest BCUT2D eigenvalue weighted by Gasteiger charge is 2.07. The summed E-state index contributed by atoms with van der Waals surface area (Å²) in [5, 5.41) is 0.743. The third kappa shape index (κ3) is 2.69. The minimum absolute atomic E-state index is 0.637. The lowest BCUT2D eigenvalue weighted by Crippen LogP contribution is -1.81. The molecular weight excluding hydrogens is 280 g/mol. The molecular formula is C14H11ClN2OS. The van der Waals surface area contributed by atoms with Gasteiger partial charge in [-0.1, -0.05) is 23.7 Å². The Kier molecular flexibility index (Phi) is 3.36. The number of rotatable bonds is 3. The highest BCUT2D eigenvalue weighted by Crippen LogP contribution is 2.30. The van der Waals surface area contributed by atoms with Crippen LogP contribution in [0.3, 0.4) is 0 Å². The second kappa shape index (κ2) is 5.15. The fourth-order valence-corrected chi connectivity index (χ4v) is 2.83. The predicted molar refractivity (Wildman–Crippen MR) is 79.4 cm³/mol. The molecule has 0 amide bonds. The highest BCUT2D eigenvalue weighted by atomic mass is 35.5. The maximum absolute atomic E-state index is 6.10. The molecule has 3 rings (SSSR count). The Balaban J connectivity index is 1.80. The summed E-state index contributed by atoms with van der Waals surface area (Å²) in [7, 11) is 0. The predicted octanol–water partition coefficient (Wildman–Crippen LogP) is 4.36. The number of benzene rings is 2. The van der Waals surface area contributed by atoms with Crippen molar-refractivity contribution in [2.45, 2.75) is 10.6 Å². The average Bonchev–Trinajstić information content (AvgIpc) is 2.79. The molecule has 19 heavy (non-hydrogen) atoms. The standard InChI is InChI=1S/C14H11ClN2OS/c15-10-3-1-2-4-13(10)19-8-14-17-11-6-5-9(16)7-12(11)18-14/h1-7H,8,16H2. The van der Waals surface area contributed by atoms with E-state index < -0.39 is 0 Å². The van der Waals surface area contributed by atoms with Crippen molar-refractivity contribution in [1.82, 2.24) is 4.98 Å². The summed E-state index contributed by atoms with van der Waals surface area (Å²) < 4.78 is 5.66. The number of fused-ring (bicyclic) bond motifs is 1. The zero-order valence-electron chi connectivity index (χ0n) is 9.97. The maximum atomic E-state index is 6.10. The summed E-state index contributed by atoms with van der Waals surface area (Å²) in [6.07, 6.45) is 0. The lowest BCUT2D eigenvalue weighted by molar-refractivity contribution is 0.556. The smallest absolute Gasteiger partial charge is 0.205 e. The summed E-state index contributed by atoms with van der Waals surface area (Å²) in [6.45, 7) is 0. The summed E-state index contributed by atoms with van der Waals surface area (Å²) in [5.41, 5.74) is 7.92. The molecule has 1 heterocycles. The lowest BCUT2D eigenvalue weighted by Gasteiger charge is -2.00. The normalized spacial score (nSPS) is 11.0. The second-order valence-corrected chi connectivity index (χ2v) is 5.48. The van der Waals surface area contributed by atoms with E-state index >= 15 is 0 Å². The van der Waals surface area contributed by atoms with Gasteiger partial charge in [0.15, 0.2) is 5.58 Å². The van der Waals surface area contributed by atoms with E-state index in [2.05, 4.69) is 4.98 Å². The van der Waals surface area contributed by atoms with Crippen molar-refractivity contribution in [3.63, 3.8) is 0 Å². The summed E-state index contributed by atoms with van der Waals surface area (Å²) >= 11 is 7.70. The molecule has 3 nitrogen and oxygen atoms in total. The van der Waals surface area contributed by atoms with Gasteiger partial charge < -0.3 is 10.2 Å². The van der Waals surface area contributed by atoms with Crippen LogP contribution in [-0.4, -0.2) is 4.98 Å². The maximum Gasteiger partial charge on any atom is 0.205 e. The van der Waals surface area contributed by atoms with Crippen LogP contribution in [0.4, 0.5) is 5.69 Å². The van der Waals surface area contributed by atoms with Gasteiger partial charge in [-0.2, -0.15) is 0 Å². The fraction of sp³-hybridized carbons (Fsp3) is 0.0714. The molecule has 0 atom stereocenters. The zero-order valence-corrected chi connectivity index (χ0v) is 11.5. The monoisotopic (exact) mass is 290 g/mol. The largest absolute Gasteiger partial charge is 0.440 e. The van der Waals surface area contributed by atoms with Crippen LogP contribution in [0.15, 0.2) is 51.8 Å². The van der Waals surface area contributed by atoms with Gasteiger partial charge in [0.05, 0.1) is 10.8 Å². The van der Waals surface area contributed by atoms with E-state index in [1.807, 2.05) is 36.4 Å². The lowest BCUT2D eigenvalue weighted by atomic mass is 10.3. The van der Waals surface area contributed by atoms with E-state index in [0.29, 0.717) is 17.3 Å². The van der Waals surface area contributed by atoms with E-state index in [9.17, 15) is 0 Å². The second-order valence-electron chi connectivity index (χ2n) is 4.05. The van der Waals surface area contributed by atoms with Crippen LogP contribution in [0.1, 0.15) is 5.89 Å². The van der Waals surface area contributed by atoms with Gasteiger partial charge in [-0.25, -0.2) is 4.98 Å². The van der Waals surface area contributed by atoms with Crippen molar-refractivity contribution >= 4 is 40.1 Å². The van der Waals surface area contributed by atoms with Gasteiger partial charge in [0.2, 0.25) is 5.89 Å². The molecule has 96 valence electrons. The van der Waals surface area contributed by atoms with Gasteiger partial charge >= 0.3 is 0 Å². The van der Waals surface area contributed by atoms with Crippen LogP contribution in [0.5, 0.6) is 0 Å². The third-order valence-electron chi connectivity index (χ3n) is 2.64. The Hall–Kier alpha value is -1.65. The molecule has 0 saturated heterocycles. The fourth-order valence-electron chi connectivity index (χ4n) is 1.75. The van der Waals surface area contributed by atoms with Crippen LogP contribution in [0, 0.1) is 0 Å². The van der Waals surface area contributed by atoms with E-state index in [1.165, 1.54) is 0 Å². The minimum Gasteiger partial charge on any atom is -0.440 e. The molecule has 0 fully saturated rings. The van der Waals surface area contributed by atoms with Crippen LogP contribution < -0.4 is 5.73 Å². The van der Waals surface area contributed by atoms with E-state index in [-0.39, 0.29) is 0 Å². The number of nitrogen functional groups attached to an aromatic ring is 1. The number of nitrogens with two attached hydrogens (primary N) is 1. The number of halogens is 1. The highest BCUT2D eigenvalue weighted by molar-refractivity contribution is 7.98. The van der Waals surface area contributed by atoms with Gasteiger partial charge in [0, 0.05) is 16.6 Å². The van der Waals surface area contributed by atoms with Crippen molar-refractivity contribution in [2.24, 2.45) is 0 Å². The van der Waals surface area contributed by atoms with Crippen LogP contribution in [0.25, 0.3) is 11.1 Å². The first-order chi connectivity index (χ1) is 9.22. The molecule has 0 spiro atoms. The number of anilines is 1. The van der Waals surface area contributed by atoms with E-state index in [1.54, 1.807) is 17.8 Å². The third-order valence-corrected chi connectivity index (χ3v) is 4.14. The van der Waals surface area contributed by atoms with Crippen molar-refractivity contribution < 1.29 is 4.42 Å². The average molecular weight is 291 g/mol. The Bertz CT molecular complexity index is 726. The molecule has 3 aromatic rings.